The Labute approximate surface area is 113 Å². The summed E-state index contributed by atoms with van der Waals surface area (Å²) in [6, 6.07) is 4.56. The van der Waals surface area contributed by atoms with Gasteiger partial charge >= 0.3 is 6.18 Å². The summed E-state index contributed by atoms with van der Waals surface area (Å²) in [4.78, 5) is 0. The number of alkyl halides is 3. The van der Waals surface area contributed by atoms with E-state index < -0.39 is 11.7 Å². The summed E-state index contributed by atoms with van der Waals surface area (Å²) in [5, 5.41) is 13.4. The van der Waals surface area contributed by atoms with Gasteiger partial charge in [-0.3, -0.25) is 0 Å². The highest BCUT2D eigenvalue weighted by Gasteiger charge is 2.30. The molecule has 0 amide bonds. The number of aliphatic hydroxyl groups excluding tert-OH is 1. The minimum atomic E-state index is -4.38. The summed E-state index contributed by atoms with van der Waals surface area (Å²) in [7, 11) is 1.41. The fourth-order valence-corrected chi connectivity index (χ4v) is 1.90. The Morgan fingerprint density at radius 3 is 2.30 bits per heavy atom. The van der Waals surface area contributed by atoms with Crippen molar-refractivity contribution in [3.63, 3.8) is 0 Å². The Kier molecular flexibility index (Phi) is 3.71. The lowest BCUT2D eigenvalue weighted by Crippen LogP contribution is -2.06. The van der Waals surface area contributed by atoms with Gasteiger partial charge < -0.3 is 9.84 Å². The average Bonchev–Trinajstić information content (AvgIpc) is 2.73. The van der Waals surface area contributed by atoms with E-state index in [0.717, 1.165) is 12.1 Å². The zero-order chi connectivity index (χ0) is 14.9. The fraction of sp³-hybridized carbons (Fsp3) is 0.308. The van der Waals surface area contributed by atoms with Gasteiger partial charge in [0.25, 0.3) is 0 Å². The Bertz CT molecular complexity index is 603. The number of nitrogens with zero attached hydrogens (tertiary/aromatic N) is 2. The molecule has 2 rings (SSSR count). The van der Waals surface area contributed by atoms with E-state index in [4.69, 9.17) is 4.74 Å². The molecule has 0 bridgehead atoms. The predicted molar refractivity (Wildman–Crippen MR) is 65.8 cm³/mol. The zero-order valence-electron chi connectivity index (χ0n) is 10.9. The summed E-state index contributed by atoms with van der Waals surface area (Å²) >= 11 is 0. The Balaban J connectivity index is 2.47. The van der Waals surface area contributed by atoms with Crippen molar-refractivity contribution in [2.45, 2.75) is 19.7 Å². The van der Waals surface area contributed by atoms with Crippen LogP contribution in [-0.4, -0.2) is 22.0 Å². The normalized spacial score (nSPS) is 11.7. The average molecular weight is 286 g/mol. The minimum Gasteiger partial charge on any atom is -0.481 e. The molecular weight excluding hydrogens is 273 g/mol. The Morgan fingerprint density at radius 1 is 1.25 bits per heavy atom. The zero-order valence-corrected chi connectivity index (χ0v) is 10.9. The number of benzene rings is 1. The number of aryl methyl sites for hydroxylation is 1. The van der Waals surface area contributed by atoms with Crippen LogP contribution in [0, 0.1) is 6.92 Å². The fourth-order valence-electron chi connectivity index (χ4n) is 1.90. The molecule has 4 nitrogen and oxygen atoms in total. The van der Waals surface area contributed by atoms with Gasteiger partial charge in [-0.2, -0.15) is 18.3 Å². The van der Waals surface area contributed by atoms with E-state index in [1.54, 1.807) is 6.92 Å². The van der Waals surface area contributed by atoms with Crippen LogP contribution in [0.15, 0.2) is 24.3 Å². The third kappa shape index (κ3) is 2.49. The molecule has 2 aromatic rings. The van der Waals surface area contributed by atoms with Crippen molar-refractivity contribution in [3.05, 3.63) is 41.1 Å². The van der Waals surface area contributed by atoms with Crippen molar-refractivity contribution in [1.82, 2.24) is 9.78 Å². The number of hydrogen-bond acceptors (Lipinski definition) is 3. The first-order valence-electron chi connectivity index (χ1n) is 5.79. The van der Waals surface area contributed by atoms with Crippen molar-refractivity contribution in [2.75, 3.05) is 7.11 Å². The molecule has 0 aliphatic rings. The van der Waals surface area contributed by atoms with Gasteiger partial charge in [0.15, 0.2) is 0 Å². The molecule has 20 heavy (non-hydrogen) atoms. The van der Waals surface area contributed by atoms with E-state index in [0.29, 0.717) is 22.8 Å². The number of rotatable bonds is 3. The number of hydrogen-bond donors (Lipinski definition) is 1. The third-order valence-electron chi connectivity index (χ3n) is 2.93. The second-order valence-corrected chi connectivity index (χ2v) is 4.19. The smallest absolute Gasteiger partial charge is 0.416 e. The molecule has 1 heterocycles. The number of aliphatic hydroxyl groups is 1. The SMILES string of the molecule is COc1c(CO)c(C)nn1-c1ccc(C(F)(F)F)cc1. The molecule has 1 aromatic heterocycles. The van der Waals surface area contributed by atoms with E-state index >= 15 is 0 Å². The minimum absolute atomic E-state index is 0.254. The lowest BCUT2D eigenvalue weighted by atomic mass is 10.2. The monoisotopic (exact) mass is 286 g/mol. The van der Waals surface area contributed by atoms with Crippen LogP contribution < -0.4 is 4.74 Å². The topological polar surface area (TPSA) is 47.3 Å². The molecule has 108 valence electrons. The van der Waals surface area contributed by atoms with Gasteiger partial charge in [-0.1, -0.05) is 0 Å². The summed E-state index contributed by atoms with van der Waals surface area (Å²) in [5.74, 6) is 0.310. The van der Waals surface area contributed by atoms with Crippen LogP contribution in [-0.2, 0) is 12.8 Å². The van der Waals surface area contributed by atoms with Crippen molar-refractivity contribution in [1.29, 1.82) is 0 Å². The van der Waals surface area contributed by atoms with Gasteiger partial charge in [0.05, 0.1) is 36.2 Å². The van der Waals surface area contributed by atoms with Gasteiger partial charge in [0.1, 0.15) is 0 Å². The van der Waals surface area contributed by atoms with Crippen LogP contribution in [0.25, 0.3) is 5.69 Å². The second kappa shape index (κ2) is 5.16. The number of ether oxygens (including phenoxy) is 1. The maximum absolute atomic E-state index is 12.5. The van der Waals surface area contributed by atoms with Crippen LogP contribution in [0.4, 0.5) is 13.2 Å². The van der Waals surface area contributed by atoms with E-state index in [-0.39, 0.29) is 6.61 Å². The number of aromatic nitrogens is 2. The highest BCUT2D eigenvalue weighted by Crippen LogP contribution is 2.31. The maximum Gasteiger partial charge on any atom is 0.416 e. The number of methoxy groups -OCH3 is 1. The summed E-state index contributed by atoms with van der Waals surface area (Å²) in [5.41, 5.74) is 0.765. The highest BCUT2D eigenvalue weighted by molar-refractivity contribution is 5.42. The largest absolute Gasteiger partial charge is 0.481 e. The van der Waals surface area contributed by atoms with E-state index in [1.807, 2.05) is 0 Å². The van der Waals surface area contributed by atoms with Crippen LogP contribution >= 0.6 is 0 Å². The number of halogens is 3. The lowest BCUT2D eigenvalue weighted by Gasteiger charge is -2.10. The highest BCUT2D eigenvalue weighted by atomic mass is 19.4. The Hall–Kier alpha value is -2.02. The molecule has 0 fully saturated rings. The standard InChI is InChI=1S/C13H13F3N2O2/c1-8-11(7-19)12(20-2)18(17-8)10-5-3-9(4-6-10)13(14,15)16/h3-6,19H,7H2,1-2H3. The second-order valence-electron chi connectivity index (χ2n) is 4.19. The van der Waals surface area contributed by atoms with E-state index in [9.17, 15) is 18.3 Å². The molecule has 7 heteroatoms. The Morgan fingerprint density at radius 2 is 1.85 bits per heavy atom. The molecule has 1 N–H and O–H groups in total. The molecule has 1 aromatic carbocycles. The summed E-state index contributed by atoms with van der Waals surface area (Å²) < 4.78 is 44.1. The third-order valence-corrected chi connectivity index (χ3v) is 2.93. The summed E-state index contributed by atoms with van der Waals surface area (Å²) in [6.07, 6.45) is -4.38. The van der Waals surface area contributed by atoms with Crippen molar-refractivity contribution < 1.29 is 23.0 Å². The maximum atomic E-state index is 12.5. The molecule has 0 spiro atoms. The van der Waals surface area contributed by atoms with Gasteiger partial charge in [-0.25, -0.2) is 4.68 Å². The van der Waals surface area contributed by atoms with Gasteiger partial charge in [-0.15, -0.1) is 0 Å². The van der Waals surface area contributed by atoms with Crippen LogP contribution in [0.3, 0.4) is 0 Å². The molecule has 0 saturated carbocycles. The predicted octanol–water partition coefficient (Wildman–Crippen LogP) is 2.70. The van der Waals surface area contributed by atoms with Crippen LogP contribution in [0.2, 0.25) is 0 Å². The van der Waals surface area contributed by atoms with Crippen molar-refractivity contribution in [3.8, 4) is 11.6 Å². The molecule has 0 unspecified atom stereocenters. The van der Waals surface area contributed by atoms with Crippen LogP contribution in [0.5, 0.6) is 5.88 Å². The quantitative estimate of drug-likeness (QED) is 0.943. The molecule has 0 radical (unpaired) electrons. The lowest BCUT2D eigenvalue weighted by molar-refractivity contribution is -0.137. The van der Waals surface area contributed by atoms with Crippen LogP contribution in [0.1, 0.15) is 16.8 Å². The first-order valence-corrected chi connectivity index (χ1v) is 5.79. The van der Waals surface area contributed by atoms with E-state index in [2.05, 4.69) is 5.10 Å². The van der Waals surface area contributed by atoms with Gasteiger partial charge in [-0.05, 0) is 31.2 Å². The van der Waals surface area contributed by atoms with E-state index in [1.165, 1.54) is 23.9 Å². The summed E-state index contributed by atoms with van der Waals surface area (Å²) in [6.45, 7) is 1.43. The van der Waals surface area contributed by atoms with Crippen molar-refractivity contribution >= 4 is 0 Å². The van der Waals surface area contributed by atoms with Gasteiger partial charge in [0, 0.05) is 0 Å². The molecule has 0 aliphatic carbocycles. The molecular formula is C13H13F3N2O2. The first kappa shape index (κ1) is 14.4. The van der Waals surface area contributed by atoms with Gasteiger partial charge in [0.2, 0.25) is 5.88 Å². The molecule has 0 aliphatic heterocycles. The van der Waals surface area contributed by atoms with Crippen molar-refractivity contribution in [2.24, 2.45) is 0 Å². The molecule has 0 atom stereocenters. The molecule has 0 saturated heterocycles. The first-order chi connectivity index (χ1) is 9.38.